The zero-order valence-corrected chi connectivity index (χ0v) is 14.7. The molecule has 2 heteroatoms. The van der Waals surface area contributed by atoms with E-state index in [2.05, 4.69) is 77.0 Å². The molecule has 1 heterocycles. The average Bonchev–Trinajstić information content (AvgIpc) is 2.94. The predicted molar refractivity (Wildman–Crippen MR) is 106 cm³/mol. The van der Waals surface area contributed by atoms with Crippen LogP contribution in [0.3, 0.4) is 0 Å². The fourth-order valence-electron chi connectivity index (χ4n) is 3.39. The molecule has 0 radical (unpaired) electrons. The van der Waals surface area contributed by atoms with Crippen LogP contribution in [0.1, 0.15) is 35.6 Å². The summed E-state index contributed by atoms with van der Waals surface area (Å²) in [6.45, 7) is 11.1. The first-order valence-corrected chi connectivity index (χ1v) is 8.56. The van der Waals surface area contributed by atoms with Crippen LogP contribution in [-0.2, 0) is 6.42 Å². The summed E-state index contributed by atoms with van der Waals surface area (Å²) in [5, 5.41) is 0. The molecule has 0 amide bonds. The van der Waals surface area contributed by atoms with Crippen molar-refractivity contribution in [1.29, 1.82) is 0 Å². The van der Waals surface area contributed by atoms with Gasteiger partial charge in [-0.15, -0.1) is 0 Å². The molecule has 0 unspecified atom stereocenters. The van der Waals surface area contributed by atoms with Gasteiger partial charge in [0, 0.05) is 0 Å². The summed E-state index contributed by atoms with van der Waals surface area (Å²) >= 11 is 0. The molecule has 1 aliphatic rings. The first-order valence-electron chi connectivity index (χ1n) is 8.56. The van der Waals surface area contributed by atoms with E-state index in [1.165, 1.54) is 45.3 Å². The van der Waals surface area contributed by atoms with E-state index in [9.17, 15) is 0 Å². The van der Waals surface area contributed by atoms with Crippen LogP contribution < -0.4 is 0 Å². The molecular weight excluding hydrogens is 274 g/mol. The van der Waals surface area contributed by atoms with Crippen LogP contribution >= 0.6 is 0 Å². The van der Waals surface area contributed by atoms with Crippen LogP contribution in [0, 0.1) is 20.8 Å². The van der Waals surface area contributed by atoms with E-state index in [0.717, 1.165) is 13.6 Å². The fraction of sp³-hybridized carbons (Fsp3) is 0.286. The molecular formula is C21H24B2. The monoisotopic (exact) mass is 298 g/mol. The normalized spacial score (nSPS) is 13.2. The predicted octanol–water partition coefficient (Wildman–Crippen LogP) is 4.36. The number of benzene rings is 2. The van der Waals surface area contributed by atoms with Gasteiger partial charge in [-0.05, 0) is 0 Å². The van der Waals surface area contributed by atoms with Gasteiger partial charge in [-0.1, -0.05) is 0 Å². The van der Waals surface area contributed by atoms with Crippen molar-refractivity contribution < 1.29 is 0 Å². The molecule has 0 fully saturated rings. The van der Waals surface area contributed by atoms with Crippen molar-refractivity contribution in [1.82, 2.24) is 0 Å². The Hall–Kier alpha value is -1.82. The number of aryl methyl sites for hydroxylation is 4. The molecule has 0 atom stereocenters. The summed E-state index contributed by atoms with van der Waals surface area (Å²) in [6.07, 6.45) is 4.67. The summed E-state index contributed by atoms with van der Waals surface area (Å²) in [6, 6.07) is 13.7. The van der Waals surface area contributed by atoms with E-state index in [-0.39, 0.29) is 0 Å². The number of rotatable bonds is 4. The third-order valence-corrected chi connectivity index (χ3v) is 4.88. The fourth-order valence-corrected chi connectivity index (χ4v) is 3.39. The van der Waals surface area contributed by atoms with E-state index in [0.29, 0.717) is 0 Å². The molecule has 2 aromatic carbocycles. The van der Waals surface area contributed by atoms with E-state index >= 15 is 0 Å². The Bertz CT molecular complexity index is 797. The summed E-state index contributed by atoms with van der Waals surface area (Å²) in [7, 11) is 1.14. The van der Waals surface area contributed by atoms with E-state index < -0.39 is 0 Å². The molecule has 114 valence electrons. The second-order valence-corrected chi connectivity index (χ2v) is 6.91. The molecule has 2 aromatic rings. The maximum atomic E-state index is 2.35. The van der Waals surface area contributed by atoms with Gasteiger partial charge >= 0.3 is 141 Å². The quantitative estimate of drug-likeness (QED) is 0.736. The number of hydrogen-bond donors (Lipinski definition) is 0. The van der Waals surface area contributed by atoms with Crippen molar-refractivity contribution in [2.75, 3.05) is 0 Å². The van der Waals surface area contributed by atoms with Crippen molar-refractivity contribution >= 4 is 19.4 Å². The molecule has 0 saturated carbocycles. The SMILES string of the molecule is CC1=BBC(CCc2ccc(-c3cc(C)ccc3C)cc2C)=C1. The van der Waals surface area contributed by atoms with Gasteiger partial charge in [0.1, 0.15) is 0 Å². The van der Waals surface area contributed by atoms with Gasteiger partial charge in [0.2, 0.25) is 0 Å². The summed E-state index contributed by atoms with van der Waals surface area (Å²) < 4.78 is 0. The van der Waals surface area contributed by atoms with E-state index in [4.69, 9.17) is 0 Å². The van der Waals surface area contributed by atoms with Gasteiger partial charge in [0.05, 0.1) is 0 Å². The summed E-state index contributed by atoms with van der Waals surface area (Å²) in [5.74, 6) is 0. The zero-order chi connectivity index (χ0) is 16.4. The second-order valence-electron chi connectivity index (χ2n) is 6.91. The molecule has 0 aliphatic carbocycles. The van der Waals surface area contributed by atoms with Gasteiger partial charge in [0.25, 0.3) is 0 Å². The number of allylic oxidation sites excluding steroid dienone is 2. The van der Waals surface area contributed by atoms with Crippen LogP contribution in [0.15, 0.2) is 47.9 Å². The molecule has 0 N–H and O–H groups in total. The van der Waals surface area contributed by atoms with Crippen LogP contribution in [0.4, 0.5) is 0 Å². The van der Waals surface area contributed by atoms with Crippen molar-refractivity contribution in [3.63, 3.8) is 0 Å². The summed E-state index contributed by atoms with van der Waals surface area (Å²) in [4.78, 5) is 0. The molecule has 23 heavy (non-hydrogen) atoms. The summed E-state index contributed by atoms with van der Waals surface area (Å²) in [5.41, 5.74) is 11.2. The molecule has 0 aromatic heterocycles. The van der Waals surface area contributed by atoms with Crippen LogP contribution in [-0.4, -0.2) is 19.4 Å². The van der Waals surface area contributed by atoms with Crippen molar-refractivity contribution in [2.45, 2.75) is 40.5 Å². The first-order chi connectivity index (χ1) is 11.0. The van der Waals surface area contributed by atoms with Crippen molar-refractivity contribution in [3.05, 3.63) is 70.2 Å². The standard InChI is InChI=1S/C21H24B2/c1-14-5-6-15(2)21(11-14)19-8-7-18(16(3)12-19)9-10-20-13-17(4)22-23-20/h5-8,11-13,23H,9-10H2,1-4H3. The molecule has 0 bridgehead atoms. The average molecular weight is 298 g/mol. The Morgan fingerprint density at radius 1 is 0.870 bits per heavy atom. The van der Waals surface area contributed by atoms with Gasteiger partial charge in [0.15, 0.2) is 0 Å². The zero-order valence-electron chi connectivity index (χ0n) is 14.7. The van der Waals surface area contributed by atoms with Crippen molar-refractivity contribution in [3.8, 4) is 11.1 Å². The Kier molecular flexibility index (Phi) is 4.71. The molecule has 1 aliphatic heterocycles. The van der Waals surface area contributed by atoms with E-state index in [1.807, 2.05) is 0 Å². The molecule has 0 spiro atoms. The van der Waals surface area contributed by atoms with Gasteiger partial charge < -0.3 is 0 Å². The van der Waals surface area contributed by atoms with Crippen LogP contribution in [0.5, 0.6) is 0 Å². The Labute approximate surface area is 141 Å². The Morgan fingerprint density at radius 2 is 1.70 bits per heavy atom. The van der Waals surface area contributed by atoms with Crippen LogP contribution in [0.25, 0.3) is 11.1 Å². The third-order valence-electron chi connectivity index (χ3n) is 4.88. The van der Waals surface area contributed by atoms with Crippen LogP contribution in [0.2, 0.25) is 0 Å². The molecule has 3 rings (SSSR count). The van der Waals surface area contributed by atoms with E-state index in [1.54, 1.807) is 5.47 Å². The topological polar surface area (TPSA) is 0 Å². The first kappa shape index (κ1) is 16.1. The Balaban J connectivity index is 1.78. The van der Waals surface area contributed by atoms with Gasteiger partial charge in [-0.25, -0.2) is 0 Å². The molecule has 0 saturated heterocycles. The molecule has 0 nitrogen and oxygen atoms in total. The minimum atomic E-state index is 1.14. The second kappa shape index (κ2) is 6.74. The third kappa shape index (κ3) is 3.75. The van der Waals surface area contributed by atoms with Gasteiger partial charge in [-0.3, -0.25) is 0 Å². The number of hydrogen-bond acceptors (Lipinski definition) is 0. The minimum absolute atomic E-state index is 1.14. The Morgan fingerprint density at radius 3 is 2.39 bits per heavy atom. The van der Waals surface area contributed by atoms with Crippen molar-refractivity contribution in [2.24, 2.45) is 0 Å². The maximum absolute atomic E-state index is 2.35. The van der Waals surface area contributed by atoms with Gasteiger partial charge in [-0.2, -0.15) is 0 Å².